The highest BCUT2D eigenvalue weighted by Crippen LogP contribution is 2.24. The molecule has 2 amide bonds. The summed E-state index contributed by atoms with van der Waals surface area (Å²) in [7, 11) is 0. The number of urea groups is 1. The number of amides is 2. The number of benzene rings is 2. The van der Waals surface area contributed by atoms with Gasteiger partial charge in [-0.05, 0) is 67.8 Å². The van der Waals surface area contributed by atoms with Crippen molar-refractivity contribution in [2.75, 3.05) is 16.8 Å². The summed E-state index contributed by atoms with van der Waals surface area (Å²) in [6, 6.07) is 12.9. The number of rotatable bonds is 2. The Balaban J connectivity index is 1.90. The number of amidine groups is 1. The maximum Gasteiger partial charge on any atom is 0.331 e. The lowest BCUT2D eigenvalue weighted by Gasteiger charge is -2.24. The van der Waals surface area contributed by atoms with Crippen molar-refractivity contribution in [3.63, 3.8) is 0 Å². The van der Waals surface area contributed by atoms with E-state index in [-0.39, 0.29) is 6.03 Å². The fourth-order valence-electron chi connectivity index (χ4n) is 2.67. The highest BCUT2D eigenvalue weighted by molar-refractivity contribution is 6.30. The Labute approximate surface area is 147 Å². The molecule has 1 N–H and O–H groups in total. The van der Waals surface area contributed by atoms with E-state index in [4.69, 9.17) is 11.6 Å². The van der Waals surface area contributed by atoms with Gasteiger partial charge < -0.3 is 5.32 Å². The van der Waals surface area contributed by atoms with Crippen LogP contribution in [-0.4, -0.2) is 18.4 Å². The smallest absolute Gasteiger partial charge is 0.307 e. The number of hydrogen-bond donors (Lipinski definition) is 1. The SMILES string of the molecule is Cc1ccc(N(C(=O)Nc2ccc(Cl)cc2)C2=NCCC2)cc1C. The molecule has 24 heavy (non-hydrogen) atoms. The lowest BCUT2D eigenvalue weighted by Crippen LogP contribution is -2.39. The lowest BCUT2D eigenvalue weighted by molar-refractivity contribution is 0.259. The van der Waals surface area contributed by atoms with Crippen molar-refractivity contribution in [2.24, 2.45) is 4.99 Å². The number of carbonyl (C=O) groups excluding carboxylic acids is 1. The molecular weight excluding hydrogens is 322 g/mol. The Morgan fingerprint density at radius 1 is 1.12 bits per heavy atom. The summed E-state index contributed by atoms with van der Waals surface area (Å²) in [6.45, 7) is 4.87. The highest BCUT2D eigenvalue weighted by Gasteiger charge is 2.24. The number of anilines is 2. The van der Waals surface area contributed by atoms with Crippen LogP contribution in [-0.2, 0) is 0 Å². The highest BCUT2D eigenvalue weighted by atomic mass is 35.5. The van der Waals surface area contributed by atoms with Crippen LogP contribution in [0.2, 0.25) is 5.02 Å². The average molecular weight is 342 g/mol. The van der Waals surface area contributed by atoms with Gasteiger partial charge in [0.15, 0.2) is 0 Å². The number of halogens is 1. The molecule has 124 valence electrons. The summed E-state index contributed by atoms with van der Waals surface area (Å²) in [5.74, 6) is 0.810. The van der Waals surface area contributed by atoms with Crippen molar-refractivity contribution < 1.29 is 4.79 Å². The van der Waals surface area contributed by atoms with Gasteiger partial charge in [-0.2, -0.15) is 0 Å². The molecule has 0 saturated heterocycles. The first-order chi connectivity index (χ1) is 11.5. The second-order valence-electron chi connectivity index (χ2n) is 5.94. The lowest BCUT2D eigenvalue weighted by atomic mass is 10.1. The Kier molecular flexibility index (Phi) is 4.86. The molecule has 5 heteroatoms. The predicted molar refractivity (Wildman–Crippen MR) is 100 cm³/mol. The standard InChI is InChI=1S/C19H20ClN3O/c1-13-5-10-17(12-14(13)2)23(18-4-3-11-21-18)19(24)22-16-8-6-15(20)7-9-16/h5-10,12H,3-4,11H2,1-2H3,(H,22,24). The molecular formula is C19H20ClN3O. The number of nitrogens with zero attached hydrogens (tertiary/aromatic N) is 2. The molecule has 0 fully saturated rings. The normalized spacial score (nSPS) is 13.5. The van der Waals surface area contributed by atoms with Crippen LogP contribution in [0.3, 0.4) is 0 Å². The summed E-state index contributed by atoms with van der Waals surface area (Å²) >= 11 is 5.90. The fourth-order valence-corrected chi connectivity index (χ4v) is 2.79. The third-order valence-electron chi connectivity index (χ3n) is 4.16. The molecule has 0 aromatic heterocycles. The largest absolute Gasteiger partial charge is 0.331 e. The molecule has 1 aliphatic rings. The first kappa shape index (κ1) is 16.5. The van der Waals surface area contributed by atoms with Crippen molar-refractivity contribution in [1.82, 2.24) is 0 Å². The van der Waals surface area contributed by atoms with Crippen LogP contribution < -0.4 is 10.2 Å². The first-order valence-electron chi connectivity index (χ1n) is 8.02. The van der Waals surface area contributed by atoms with Crippen LogP contribution in [0, 0.1) is 13.8 Å². The summed E-state index contributed by atoms with van der Waals surface area (Å²) < 4.78 is 0. The minimum Gasteiger partial charge on any atom is -0.307 e. The fraction of sp³-hybridized carbons (Fsp3) is 0.263. The van der Waals surface area contributed by atoms with E-state index in [1.807, 2.05) is 25.1 Å². The maximum atomic E-state index is 12.9. The van der Waals surface area contributed by atoms with E-state index >= 15 is 0 Å². The quantitative estimate of drug-likeness (QED) is 0.802. The van der Waals surface area contributed by atoms with Crippen molar-refractivity contribution in [3.8, 4) is 0 Å². The topological polar surface area (TPSA) is 44.7 Å². The van der Waals surface area contributed by atoms with E-state index in [1.54, 1.807) is 29.2 Å². The maximum absolute atomic E-state index is 12.9. The van der Waals surface area contributed by atoms with Crippen molar-refractivity contribution in [1.29, 1.82) is 0 Å². The molecule has 2 aromatic carbocycles. The number of aliphatic imine (C=N–C) groups is 1. The number of nitrogens with one attached hydrogen (secondary N) is 1. The molecule has 0 radical (unpaired) electrons. The second kappa shape index (κ2) is 7.05. The molecule has 0 spiro atoms. The van der Waals surface area contributed by atoms with Crippen molar-refractivity contribution >= 4 is 34.8 Å². The van der Waals surface area contributed by atoms with Gasteiger partial charge in [0.05, 0.1) is 5.69 Å². The average Bonchev–Trinajstić information content (AvgIpc) is 3.07. The van der Waals surface area contributed by atoms with Crippen molar-refractivity contribution in [2.45, 2.75) is 26.7 Å². The molecule has 0 unspecified atom stereocenters. The minimum absolute atomic E-state index is 0.207. The van der Waals surface area contributed by atoms with Gasteiger partial charge in [0.2, 0.25) is 0 Å². The summed E-state index contributed by atoms with van der Waals surface area (Å²) in [6.07, 6.45) is 1.78. The van der Waals surface area contributed by atoms with Crippen molar-refractivity contribution in [3.05, 3.63) is 58.6 Å². The molecule has 1 aliphatic heterocycles. The molecule has 0 bridgehead atoms. The van der Waals surface area contributed by atoms with E-state index < -0.39 is 0 Å². The molecule has 0 atom stereocenters. The number of hydrogen-bond acceptors (Lipinski definition) is 2. The van der Waals surface area contributed by atoms with Crippen LogP contribution in [0.4, 0.5) is 16.2 Å². The van der Waals surface area contributed by atoms with Crippen LogP contribution in [0.15, 0.2) is 47.5 Å². The Hall–Kier alpha value is -2.33. The number of aryl methyl sites for hydroxylation is 2. The minimum atomic E-state index is -0.207. The van der Waals surface area contributed by atoms with Gasteiger partial charge in [-0.3, -0.25) is 9.89 Å². The van der Waals surface area contributed by atoms with Gasteiger partial charge in [-0.15, -0.1) is 0 Å². The molecule has 0 aliphatic carbocycles. The van der Waals surface area contributed by atoms with Gasteiger partial charge in [0, 0.05) is 23.7 Å². The van der Waals surface area contributed by atoms with E-state index in [9.17, 15) is 4.79 Å². The van der Waals surface area contributed by atoms with Gasteiger partial charge in [0.1, 0.15) is 5.84 Å². The van der Waals surface area contributed by atoms with Crippen LogP contribution >= 0.6 is 11.6 Å². The van der Waals surface area contributed by atoms with E-state index in [2.05, 4.69) is 17.2 Å². The van der Waals surface area contributed by atoms with E-state index in [1.165, 1.54) is 5.56 Å². The zero-order chi connectivity index (χ0) is 17.1. The summed E-state index contributed by atoms with van der Waals surface area (Å²) in [5.41, 5.74) is 3.89. The van der Waals surface area contributed by atoms with Gasteiger partial charge in [-0.25, -0.2) is 4.79 Å². The Morgan fingerprint density at radius 3 is 2.50 bits per heavy atom. The summed E-state index contributed by atoms with van der Waals surface area (Å²) in [4.78, 5) is 19.1. The van der Waals surface area contributed by atoms with Crippen LogP contribution in [0.1, 0.15) is 24.0 Å². The van der Waals surface area contributed by atoms with E-state index in [0.717, 1.165) is 36.5 Å². The van der Waals surface area contributed by atoms with Gasteiger partial charge in [0.25, 0.3) is 0 Å². The Bertz CT molecular complexity index is 784. The molecule has 1 heterocycles. The number of carbonyl (C=O) groups is 1. The molecule has 4 nitrogen and oxygen atoms in total. The molecule has 2 aromatic rings. The van der Waals surface area contributed by atoms with Crippen LogP contribution in [0.25, 0.3) is 0 Å². The third-order valence-corrected chi connectivity index (χ3v) is 4.41. The first-order valence-corrected chi connectivity index (χ1v) is 8.39. The summed E-state index contributed by atoms with van der Waals surface area (Å²) in [5, 5.41) is 3.56. The van der Waals surface area contributed by atoms with Gasteiger partial charge in [-0.1, -0.05) is 17.7 Å². The monoisotopic (exact) mass is 341 g/mol. The van der Waals surface area contributed by atoms with Gasteiger partial charge >= 0.3 is 6.03 Å². The van der Waals surface area contributed by atoms with Crippen LogP contribution in [0.5, 0.6) is 0 Å². The zero-order valence-electron chi connectivity index (χ0n) is 13.8. The zero-order valence-corrected chi connectivity index (χ0v) is 14.6. The Morgan fingerprint density at radius 2 is 1.88 bits per heavy atom. The molecule has 3 rings (SSSR count). The third kappa shape index (κ3) is 3.60. The second-order valence-corrected chi connectivity index (χ2v) is 6.38. The van der Waals surface area contributed by atoms with E-state index in [0.29, 0.717) is 10.7 Å². The molecule has 0 saturated carbocycles. The predicted octanol–water partition coefficient (Wildman–Crippen LogP) is 5.19.